The van der Waals surface area contributed by atoms with Gasteiger partial charge < -0.3 is 30.1 Å². The van der Waals surface area contributed by atoms with Gasteiger partial charge in [0.15, 0.2) is 6.29 Å². The topological polar surface area (TPSA) is 120 Å². The van der Waals surface area contributed by atoms with Crippen LogP contribution in [0.3, 0.4) is 0 Å². The molecule has 3 aliphatic heterocycles. The highest BCUT2D eigenvalue weighted by Gasteiger charge is 2.48. The van der Waals surface area contributed by atoms with Crippen LogP contribution in [-0.4, -0.2) is 81.7 Å². The zero-order chi connectivity index (χ0) is 37.9. The standard InChI is InChI=1S/C40H53F3N4O6/c1-39(2,3)45-36(50)33-19-18-27-7-4-5-8-31(27)47(33)23-30-21-34(28-14-12-26(24-48)13-15-28)53-37(52-30)29-16-10-25(11-17-29)22-44-35(49)32-9-6-20-46(32)38(51)40(41,42)43/h10-17,27,30-34,37,48H,4-9,18-24H2,1-3H3,(H,44,49)(H,45,50)/t27-,30+,31-,32+,33-,34-,37-/m1/s1. The number of nitrogens with one attached hydrogen (secondary N) is 2. The molecule has 0 spiro atoms. The maximum Gasteiger partial charge on any atom is 0.471 e. The van der Waals surface area contributed by atoms with Crippen molar-refractivity contribution in [2.24, 2.45) is 5.92 Å². The molecule has 3 saturated heterocycles. The second-order valence-corrected chi connectivity index (χ2v) is 16.1. The Hall–Kier alpha value is -3.52. The Morgan fingerprint density at radius 1 is 0.811 bits per heavy atom. The highest BCUT2D eigenvalue weighted by atomic mass is 19.4. The summed E-state index contributed by atoms with van der Waals surface area (Å²) in [5, 5.41) is 15.6. The van der Waals surface area contributed by atoms with E-state index in [0.29, 0.717) is 36.2 Å². The Labute approximate surface area is 309 Å². The highest BCUT2D eigenvalue weighted by Crippen LogP contribution is 2.42. The average Bonchev–Trinajstić information content (AvgIpc) is 3.63. The lowest BCUT2D eigenvalue weighted by atomic mass is 9.75. The number of amides is 3. The number of aliphatic hydroxyl groups excluding tert-OH is 1. The van der Waals surface area contributed by atoms with E-state index in [4.69, 9.17) is 9.47 Å². The minimum atomic E-state index is -5.03. The molecule has 3 amide bonds. The molecule has 1 aliphatic carbocycles. The van der Waals surface area contributed by atoms with Crippen molar-refractivity contribution in [1.29, 1.82) is 0 Å². The zero-order valence-corrected chi connectivity index (χ0v) is 30.9. The third kappa shape index (κ3) is 9.59. The van der Waals surface area contributed by atoms with Gasteiger partial charge in [-0.1, -0.05) is 61.4 Å². The zero-order valence-electron chi connectivity index (χ0n) is 30.9. The van der Waals surface area contributed by atoms with Gasteiger partial charge in [-0.05, 0) is 81.9 Å². The van der Waals surface area contributed by atoms with Gasteiger partial charge in [0.25, 0.3) is 0 Å². The number of likely N-dealkylation sites (tertiary alicyclic amines) is 2. The van der Waals surface area contributed by atoms with E-state index in [0.717, 1.165) is 47.9 Å². The fraction of sp³-hybridized carbons (Fsp3) is 0.625. The first kappa shape index (κ1) is 39.2. The molecular formula is C40H53F3N4O6. The van der Waals surface area contributed by atoms with Crippen LogP contribution in [0, 0.1) is 5.92 Å². The minimum Gasteiger partial charge on any atom is -0.392 e. The summed E-state index contributed by atoms with van der Waals surface area (Å²) in [6.45, 7) is 6.49. The molecule has 3 heterocycles. The van der Waals surface area contributed by atoms with E-state index < -0.39 is 30.3 Å². The SMILES string of the molecule is CC(C)(C)NC(=O)[C@H]1CC[C@H]2CCCC[C@H]2N1C[C@@H]1C[C@H](c2ccc(CO)cc2)O[C@H](c2ccc(CNC(=O)[C@@H]3CCCN3C(=O)C(F)(F)F)cc2)O1. The van der Waals surface area contributed by atoms with Gasteiger partial charge in [0.1, 0.15) is 6.04 Å². The number of carbonyl (C=O) groups excluding carboxylic acids is 3. The van der Waals surface area contributed by atoms with Crippen molar-refractivity contribution in [1.82, 2.24) is 20.4 Å². The van der Waals surface area contributed by atoms with E-state index in [9.17, 15) is 32.7 Å². The van der Waals surface area contributed by atoms with Crippen LogP contribution in [-0.2, 0) is 37.0 Å². The number of hydrogen-bond acceptors (Lipinski definition) is 7. The second kappa shape index (κ2) is 16.5. The predicted molar refractivity (Wildman–Crippen MR) is 191 cm³/mol. The Morgan fingerprint density at radius 2 is 1.49 bits per heavy atom. The summed E-state index contributed by atoms with van der Waals surface area (Å²) >= 11 is 0. The van der Waals surface area contributed by atoms with Gasteiger partial charge in [0, 0.05) is 43.2 Å². The molecule has 0 unspecified atom stereocenters. The van der Waals surface area contributed by atoms with Crippen molar-refractivity contribution >= 4 is 17.7 Å². The first-order valence-corrected chi connectivity index (χ1v) is 19.0. The van der Waals surface area contributed by atoms with Crippen molar-refractivity contribution in [2.75, 3.05) is 13.1 Å². The summed E-state index contributed by atoms with van der Waals surface area (Å²) in [6, 6.07) is 13.9. The fourth-order valence-electron chi connectivity index (χ4n) is 8.54. The van der Waals surface area contributed by atoms with Crippen LogP contribution in [0.25, 0.3) is 0 Å². The number of fused-ring (bicyclic) bond motifs is 1. The molecule has 10 nitrogen and oxygen atoms in total. The van der Waals surface area contributed by atoms with Crippen LogP contribution in [0.4, 0.5) is 13.2 Å². The van der Waals surface area contributed by atoms with Crippen LogP contribution in [0.5, 0.6) is 0 Å². The number of aliphatic hydroxyl groups is 1. The normalized spacial score (nSPS) is 28.3. The third-order valence-electron chi connectivity index (χ3n) is 11.1. The first-order valence-electron chi connectivity index (χ1n) is 19.0. The van der Waals surface area contributed by atoms with Crippen molar-refractivity contribution < 1.29 is 42.1 Å². The van der Waals surface area contributed by atoms with Gasteiger partial charge >= 0.3 is 12.1 Å². The smallest absolute Gasteiger partial charge is 0.392 e. The molecular weight excluding hydrogens is 689 g/mol. The van der Waals surface area contributed by atoms with E-state index >= 15 is 0 Å². The number of carbonyl (C=O) groups is 3. The van der Waals surface area contributed by atoms with Crippen LogP contribution in [0.1, 0.15) is 113 Å². The number of piperidine rings is 1. The molecule has 0 radical (unpaired) electrons. The van der Waals surface area contributed by atoms with Gasteiger partial charge in [0.05, 0.1) is 24.9 Å². The van der Waals surface area contributed by atoms with Crippen LogP contribution >= 0.6 is 0 Å². The van der Waals surface area contributed by atoms with E-state index in [1.54, 1.807) is 0 Å². The van der Waals surface area contributed by atoms with Gasteiger partial charge in [-0.25, -0.2) is 0 Å². The minimum absolute atomic E-state index is 0.0524. The largest absolute Gasteiger partial charge is 0.471 e. The molecule has 3 N–H and O–H groups in total. The second-order valence-electron chi connectivity index (χ2n) is 16.1. The van der Waals surface area contributed by atoms with Crippen LogP contribution in [0.15, 0.2) is 48.5 Å². The number of alkyl halides is 3. The molecule has 2 aromatic rings. The highest BCUT2D eigenvalue weighted by molar-refractivity contribution is 5.90. The molecule has 2 aromatic carbocycles. The molecule has 7 atom stereocenters. The van der Waals surface area contributed by atoms with E-state index in [-0.39, 0.29) is 55.8 Å². The summed E-state index contributed by atoms with van der Waals surface area (Å²) in [7, 11) is 0. The first-order chi connectivity index (χ1) is 25.2. The molecule has 0 bridgehead atoms. The quantitative estimate of drug-likeness (QED) is 0.296. The van der Waals surface area contributed by atoms with Gasteiger partial charge in [-0.2, -0.15) is 13.2 Å². The predicted octanol–water partition coefficient (Wildman–Crippen LogP) is 5.83. The van der Waals surface area contributed by atoms with Gasteiger partial charge in [-0.3, -0.25) is 19.3 Å². The maximum absolute atomic E-state index is 13.7. The average molecular weight is 743 g/mol. The summed E-state index contributed by atoms with van der Waals surface area (Å²) in [5.74, 6) is -2.00. The lowest BCUT2D eigenvalue weighted by Gasteiger charge is -2.50. The van der Waals surface area contributed by atoms with Crippen molar-refractivity contribution in [3.05, 3.63) is 70.8 Å². The lowest BCUT2D eigenvalue weighted by Crippen LogP contribution is -2.61. The maximum atomic E-state index is 13.7. The van der Waals surface area contributed by atoms with Gasteiger partial charge in [0.2, 0.25) is 11.8 Å². The molecule has 1 saturated carbocycles. The Morgan fingerprint density at radius 3 is 2.17 bits per heavy atom. The summed E-state index contributed by atoms with van der Waals surface area (Å²) in [6.07, 6.45) is 1.18. The Bertz CT molecular complexity index is 1580. The Balaban J connectivity index is 1.18. The molecule has 4 fully saturated rings. The summed E-state index contributed by atoms with van der Waals surface area (Å²) in [5.41, 5.74) is 2.89. The summed E-state index contributed by atoms with van der Waals surface area (Å²) in [4.78, 5) is 41.4. The number of benzene rings is 2. The van der Waals surface area contributed by atoms with Crippen molar-refractivity contribution in [3.8, 4) is 0 Å². The molecule has 6 rings (SSSR count). The molecule has 4 aliphatic rings. The van der Waals surface area contributed by atoms with E-state index in [2.05, 4.69) is 15.5 Å². The van der Waals surface area contributed by atoms with Crippen LogP contribution < -0.4 is 10.6 Å². The van der Waals surface area contributed by atoms with E-state index in [1.165, 1.54) is 12.8 Å². The molecule has 0 aromatic heterocycles. The molecule has 290 valence electrons. The number of halogens is 3. The van der Waals surface area contributed by atoms with E-state index in [1.807, 2.05) is 69.3 Å². The fourth-order valence-corrected chi connectivity index (χ4v) is 8.54. The molecule has 53 heavy (non-hydrogen) atoms. The lowest BCUT2D eigenvalue weighted by molar-refractivity contribution is -0.255. The number of hydrogen-bond donors (Lipinski definition) is 3. The van der Waals surface area contributed by atoms with Gasteiger partial charge in [-0.15, -0.1) is 0 Å². The van der Waals surface area contributed by atoms with Crippen LogP contribution in [0.2, 0.25) is 0 Å². The van der Waals surface area contributed by atoms with Crippen molar-refractivity contribution in [2.45, 2.75) is 140 Å². The monoisotopic (exact) mass is 742 g/mol. The number of ether oxygens (including phenoxy) is 2. The Kier molecular flexibility index (Phi) is 12.2. The number of rotatable bonds is 9. The summed E-state index contributed by atoms with van der Waals surface area (Å²) < 4.78 is 52.5. The third-order valence-corrected chi connectivity index (χ3v) is 11.1. The number of nitrogens with zero attached hydrogens (tertiary/aromatic N) is 2. The molecule has 13 heteroatoms. The van der Waals surface area contributed by atoms with Crippen molar-refractivity contribution in [3.63, 3.8) is 0 Å².